The molecule has 5 rings (SSSR count). The Kier molecular flexibility index (Phi) is 10.3. The standard InChI is InChI=1S/C33H48F6O10/c1-16-5-7-21(30(44)15-47-28(3,42)11-9-19(16)30)18(25(41)32(34,35)36)13-46-14-23(40)24-22-8-6-17(2)20-10-12-29(4,43)49-27(31(20,22)45)48-26(24)33(37,38)39/h16-17,19-23,27,40-45H,5-15H2,1-4H3/b25-18-/t16-,17-,19+,20+,21+,22+,23?,27-,28?,29?,30-,31-/m1/s1. The van der Waals surface area contributed by atoms with E-state index in [-0.39, 0.29) is 50.4 Å². The van der Waals surface area contributed by atoms with E-state index >= 15 is 0 Å². The van der Waals surface area contributed by atoms with Gasteiger partial charge in [-0.1, -0.05) is 13.8 Å². The van der Waals surface area contributed by atoms with Gasteiger partial charge in [0.1, 0.15) is 11.7 Å². The third-order valence-corrected chi connectivity index (χ3v) is 11.8. The Hall–Kier alpha value is -1.66. The van der Waals surface area contributed by atoms with Gasteiger partial charge in [-0.2, -0.15) is 26.3 Å². The molecule has 12 atom stereocenters. The van der Waals surface area contributed by atoms with Crippen molar-refractivity contribution in [1.29, 1.82) is 0 Å². The molecule has 2 saturated carbocycles. The first-order valence-corrected chi connectivity index (χ1v) is 16.9. The summed E-state index contributed by atoms with van der Waals surface area (Å²) in [6.45, 7) is 3.70. The molecule has 0 amide bonds. The Morgan fingerprint density at radius 3 is 2.10 bits per heavy atom. The zero-order valence-electron chi connectivity index (χ0n) is 28.0. The van der Waals surface area contributed by atoms with Gasteiger partial charge in [0.25, 0.3) is 0 Å². The molecular weight excluding hydrogens is 670 g/mol. The molecular formula is C33H48F6O10. The molecule has 6 N–H and O–H groups in total. The lowest BCUT2D eigenvalue weighted by atomic mass is 9.59. The van der Waals surface area contributed by atoms with Gasteiger partial charge in [-0.25, -0.2) is 0 Å². The van der Waals surface area contributed by atoms with Crippen molar-refractivity contribution < 1.29 is 75.9 Å². The number of allylic oxidation sites excluding steroid dienone is 2. The van der Waals surface area contributed by atoms with Crippen molar-refractivity contribution in [3.05, 3.63) is 22.7 Å². The molecule has 0 aromatic carbocycles. The molecule has 0 bridgehead atoms. The molecule has 16 heteroatoms. The van der Waals surface area contributed by atoms with E-state index in [1.165, 1.54) is 13.8 Å². The van der Waals surface area contributed by atoms with Crippen LogP contribution in [-0.2, 0) is 18.9 Å². The van der Waals surface area contributed by atoms with Gasteiger partial charge in [0.15, 0.2) is 17.3 Å². The van der Waals surface area contributed by atoms with Gasteiger partial charge in [0.05, 0.1) is 25.4 Å². The first-order chi connectivity index (χ1) is 22.4. The van der Waals surface area contributed by atoms with E-state index in [2.05, 4.69) is 0 Å². The van der Waals surface area contributed by atoms with Crippen molar-refractivity contribution >= 4 is 0 Å². The van der Waals surface area contributed by atoms with Gasteiger partial charge < -0.3 is 49.6 Å². The quantitative estimate of drug-likeness (QED) is 0.168. The van der Waals surface area contributed by atoms with Gasteiger partial charge in [-0.3, -0.25) is 0 Å². The molecule has 2 saturated heterocycles. The van der Waals surface area contributed by atoms with Crippen LogP contribution in [0.1, 0.15) is 79.1 Å². The average molecular weight is 719 g/mol. The Bertz CT molecular complexity index is 1300. The summed E-state index contributed by atoms with van der Waals surface area (Å²) in [5, 5.41) is 66.9. The largest absolute Gasteiger partial charge is 0.504 e. The summed E-state index contributed by atoms with van der Waals surface area (Å²) in [4.78, 5) is 0. The Balaban J connectivity index is 1.46. The fraction of sp³-hybridized carbons (Fsp3) is 0.879. The van der Waals surface area contributed by atoms with Crippen LogP contribution in [-0.4, -0.2) is 98.0 Å². The van der Waals surface area contributed by atoms with Crippen LogP contribution in [0, 0.1) is 35.5 Å². The molecule has 282 valence electrons. The molecule has 3 heterocycles. The second kappa shape index (κ2) is 13.1. The highest BCUT2D eigenvalue weighted by atomic mass is 19.4. The van der Waals surface area contributed by atoms with Crippen molar-refractivity contribution in [2.75, 3.05) is 19.8 Å². The van der Waals surface area contributed by atoms with Crippen molar-refractivity contribution in [3.63, 3.8) is 0 Å². The predicted molar refractivity (Wildman–Crippen MR) is 158 cm³/mol. The molecule has 0 spiro atoms. The first kappa shape index (κ1) is 38.6. The lowest BCUT2D eigenvalue weighted by Gasteiger charge is -2.54. The van der Waals surface area contributed by atoms with E-state index in [0.29, 0.717) is 12.8 Å². The van der Waals surface area contributed by atoms with Gasteiger partial charge in [0, 0.05) is 35.8 Å². The summed E-state index contributed by atoms with van der Waals surface area (Å²) in [6.07, 6.45) is -13.4. The molecule has 0 radical (unpaired) electrons. The zero-order valence-corrected chi connectivity index (χ0v) is 28.0. The van der Waals surface area contributed by atoms with Crippen LogP contribution in [0.3, 0.4) is 0 Å². The number of ether oxygens (including phenoxy) is 4. The first-order valence-electron chi connectivity index (χ1n) is 16.9. The molecule has 0 aromatic rings. The van der Waals surface area contributed by atoms with E-state index < -0.39 is 114 Å². The van der Waals surface area contributed by atoms with Crippen molar-refractivity contribution in [2.45, 2.75) is 127 Å². The minimum absolute atomic E-state index is 0.00715. The highest BCUT2D eigenvalue weighted by Crippen LogP contribution is 2.58. The molecule has 5 aliphatic rings. The minimum Gasteiger partial charge on any atom is -0.504 e. The normalized spacial score (nSPS) is 44.5. The SMILES string of the molecule is C[C@@H]1CC[C@@H](/C(COCC(O)C2=C(C(F)(F)F)O[C@@H]3OC(C)(O)CC[C@H]4[C@H](C)CC[C@@H]2[C@@]34O)=C(\O)C(F)(F)F)[C@@]2(O)COC(C)(O)CC[C@@H]12. The second-order valence-corrected chi connectivity index (χ2v) is 15.3. The van der Waals surface area contributed by atoms with Crippen molar-refractivity contribution in [3.8, 4) is 0 Å². The summed E-state index contributed by atoms with van der Waals surface area (Å²) >= 11 is 0. The van der Waals surface area contributed by atoms with E-state index in [9.17, 15) is 57.0 Å². The van der Waals surface area contributed by atoms with Gasteiger partial charge in [-0.05, 0) is 76.0 Å². The zero-order chi connectivity index (χ0) is 36.5. The van der Waals surface area contributed by atoms with Crippen LogP contribution < -0.4 is 0 Å². The van der Waals surface area contributed by atoms with Crippen LogP contribution in [0.2, 0.25) is 0 Å². The number of aliphatic hydroxyl groups is 6. The third kappa shape index (κ3) is 7.22. The van der Waals surface area contributed by atoms with E-state index in [4.69, 9.17) is 18.9 Å². The lowest BCUT2D eigenvalue weighted by molar-refractivity contribution is -0.347. The summed E-state index contributed by atoms with van der Waals surface area (Å²) in [6, 6.07) is 0. The highest BCUT2D eigenvalue weighted by Gasteiger charge is 2.65. The molecule has 49 heavy (non-hydrogen) atoms. The maximum Gasteiger partial charge on any atom is 0.449 e. The number of fused-ring (bicyclic) bond motifs is 1. The van der Waals surface area contributed by atoms with E-state index in [0.717, 1.165) is 0 Å². The van der Waals surface area contributed by atoms with Crippen LogP contribution >= 0.6 is 0 Å². The number of aliphatic hydroxyl groups excluding tert-OH is 2. The molecule has 3 unspecified atom stereocenters. The number of hydrogen-bond acceptors (Lipinski definition) is 10. The third-order valence-electron chi connectivity index (χ3n) is 11.8. The maximum absolute atomic E-state index is 14.5. The number of alkyl halides is 6. The number of halogens is 6. The summed E-state index contributed by atoms with van der Waals surface area (Å²) < 4.78 is 107. The number of hydrogen-bond donors (Lipinski definition) is 6. The molecule has 10 nitrogen and oxygen atoms in total. The fourth-order valence-electron chi connectivity index (χ4n) is 9.21. The van der Waals surface area contributed by atoms with E-state index in [1.54, 1.807) is 0 Å². The topological polar surface area (TPSA) is 158 Å². The molecule has 2 aliphatic carbocycles. The Morgan fingerprint density at radius 2 is 1.47 bits per heavy atom. The van der Waals surface area contributed by atoms with Crippen LogP contribution in [0.15, 0.2) is 22.7 Å². The summed E-state index contributed by atoms with van der Waals surface area (Å²) in [7, 11) is 0. The monoisotopic (exact) mass is 718 g/mol. The lowest BCUT2D eigenvalue weighted by Crippen LogP contribution is -2.64. The summed E-state index contributed by atoms with van der Waals surface area (Å²) in [5.41, 5.74) is -5.58. The highest BCUT2D eigenvalue weighted by molar-refractivity contribution is 5.30. The average Bonchev–Trinajstić information content (AvgIpc) is 3.17. The van der Waals surface area contributed by atoms with Crippen molar-refractivity contribution in [1.82, 2.24) is 0 Å². The smallest absolute Gasteiger partial charge is 0.449 e. The molecule has 0 aromatic heterocycles. The van der Waals surface area contributed by atoms with Crippen LogP contribution in [0.25, 0.3) is 0 Å². The second-order valence-electron chi connectivity index (χ2n) is 15.3. The Morgan fingerprint density at radius 1 is 0.878 bits per heavy atom. The predicted octanol–water partition coefficient (Wildman–Crippen LogP) is 4.74. The maximum atomic E-state index is 14.5. The van der Waals surface area contributed by atoms with E-state index in [1.807, 2.05) is 13.8 Å². The number of rotatable bonds is 6. The van der Waals surface area contributed by atoms with Gasteiger partial charge in [0.2, 0.25) is 12.0 Å². The van der Waals surface area contributed by atoms with Gasteiger partial charge in [-0.15, -0.1) is 0 Å². The van der Waals surface area contributed by atoms with Crippen LogP contribution in [0.5, 0.6) is 0 Å². The molecule has 3 aliphatic heterocycles. The minimum atomic E-state index is -5.28. The molecule has 4 fully saturated rings. The fourth-order valence-corrected chi connectivity index (χ4v) is 9.21. The van der Waals surface area contributed by atoms with Crippen LogP contribution in [0.4, 0.5) is 26.3 Å². The Labute approximate surface area is 280 Å². The summed E-state index contributed by atoms with van der Waals surface area (Å²) in [5.74, 6) is -11.7. The van der Waals surface area contributed by atoms with Crippen molar-refractivity contribution in [2.24, 2.45) is 35.5 Å². The van der Waals surface area contributed by atoms with Gasteiger partial charge >= 0.3 is 12.4 Å².